The molecular formula is C29H36N2O4S. The lowest BCUT2D eigenvalue weighted by atomic mass is 9.66. The van der Waals surface area contributed by atoms with E-state index in [-0.39, 0.29) is 18.0 Å². The van der Waals surface area contributed by atoms with Gasteiger partial charge in [0.25, 0.3) is 0 Å². The number of aliphatic hydroxyl groups excluding tert-OH is 1. The third kappa shape index (κ3) is 3.70. The molecule has 1 N–H and O–H groups in total. The Bertz CT molecular complexity index is 1170. The molecule has 6 nitrogen and oxygen atoms in total. The number of thioether (sulfide) groups is 1. The Balaban J connectivity index is 1.70. The van der Waals surface area contributed by atoms with Gasteiger partial charge < -0.3 is 19.5 Å². The highest BCUT2D eigenvalue weighted by Crippen LogP contribution is 2.64. The third-order valence-electron chi connectivity index (χ3n) is 7.91. The highest BCUT2D eigenvalue weighted by atomic mass is 32.2. The molecule has 7 heteroatoms. The summed E-state index contributed by atoms with van der Waals surface area (Å²) in [6, 6.07) is 16.7. The molecule has 1 saturated heterocycles. The van der Waals surface area contributed by atoms with Crippen LogP contribution in [0.1, 0.15) is 44.7 Å². The normalized spacial score (nSPS) is 26.7. The average molecular weight is 509 g/mol. The summed E-state index contributed by atoms with van der Waals surface area (Å²) in [7, 11) is 1.67. The quantitative estimate of drug-likeness (QED) is 0.550. The highest BCUT2D eigenvalue weighted by molar-refractivity contribution is 7.99. The second-order valence-electron chi connectivity index (χ2n) is 10.9. The molecule has 1 aliphatic carbocycles. The van der Waals surface area contributed by atoms with Crippen LogP contribution in [-0.2, 0) is 16.7 Å². The van der Waals surface area contributed by atoms with Crippen LogP contribution >= 0.6 is 11.8 Å². The smallest absolute Gasteiger partial charge is 0.412 e. The molecule has 2 aliphatic heterocycles. The van der Waals surface area contributed by atoms with E-state index in [0.29, 0.717) is 19.5 Å². The van der Waals surface area contributed by atoms with Gasteiger partial charge in [0.1, 0.15) is 17.0 Å². The zero-order valence-corrected chi connectivity index (χ0v) is 22.6. The van der Waals surface area contributed by atoms with E-state index in [2.05, 4.69) is 53.6 Å². The van der Waals surface area contributed by atoms with Crippen molar-refractivity contribution < 1.29 is 19.4 Å². The van der Waals surface area contributed by atoms with Gasteiger partial charge in [-0.05, 0) is 68.3 Å². The maximum atomic E-state index is 13.8. The van der Waals surface area contributed by atoms with Gasteiger partial charge in [-0.1, -0.05) is 36.4 Å². The molecule has 2 heterocycles. The van der Waals surface area contributed by atoms with Gasteiger partial charge in [0, 0.05) is 30.4 Å². The minimum absolute atomic E-state index is 0.0242. The number of para-hydroxylation sites is 1. The molecule has 0 unspecified atom stereocenters. The van der Waals surface area contributed by atoms with Crippen molar-refractivity contribution in [1.82, 2.24) is 4.90 Å². The molecule has 2 aromatic rings. The Hall–Kier alpha value is -2.64. The van der Waals surface area contributed by atoms with Gasteiger partial charge in [-0.15, -0.1) is 0 Å². The minimum Gasteiger partial charge on any atom is -0.497 e. The molecule has 1 amide bonds. The number of nitrogens with zero attached hydrogens (tertiary/aromatic N) is 2. The Morgan fingerprint density at radius 2 is 1.89 bits per heavy atom. The van der Waals surface area contributed by atoms with Crippen molar-refractivity contribution in [3.8, 4) is 5.75 Å². The number of aliphatic hydroxyl groups is 1. The lowest BCUT2D eigenvalue weighted by molar-refractivity contribution is -0.000825. The topological polar surface area (TPSA) is 62.2 Å². The molecule has 0 saturated carbocycles. The number of amides is 1. The van der Waals surface area contributed by atoms with Crippen molar-refractivity contribution in [1.29, 1.82) is 0 Å². The van der Waals surface area contributed by atoms with Gasteiger partial charge in [-0.2, -0.15) is 11.8 Å². The van der Waals surface area contributed by atoms with Crippen LogP contribution < -0.4 is 9.64 Å². The number of ether oxygens (including phenoxy) is 2. The van der Waals surface area contributed by atoms with Gasteiger partial charge in [0.2, 0.25) is 0 Å². The van der Waals surface area contributed by atoms with Gasteiger partial charge >= 0.3 is 6.09 Å². The Morgan fingerprint density at radius 1 is 1.17 bits per heavy atom. The first kappa shape index (κ1) is 25.0. The summed E-state index contributed by atoms with van der Waals surface area (Å²) in [6.07, 6.45) is 5.59. The minimum atomic E-state index is -0.634. The van der Waals surface area contributed by atoms with E-state index in [0.717, 1.165) is 29.0 Å². The second-order valence-corrected chi connectivity index (χ2v) is 12.0. The fraction of sp³-hybridized carbons (Fsp3) is 0.483. The van der Waals surface area contributed by atoms with Crippen molar-refractivity contribution in [3.05, 3.63) is 71.3 Å². The number of benzene rings is 2. The Labute approximate surface area is 218 Å². The second kappa shape index (κ2) is 9.03. The van der Waals surface area contributed by atoms with E-state index < -0.39 is 16.7 Å². The van der Waals surface area contributed by atoms with Crippen LogP contribution in [0.2, 0.25) is 0 Å². The first-order valence-electron chi connectivity index (χ1n) is 12.5. The molecule has 192 valence electrons. The summed E-state index contributed by atoms with van der Waals surface area (Å²) in [5.41, 5.74) is 2.90. The van der Waals surface area contributed by atoms with E-state index in [4.69, 9.17) is 9.47 Å². The molecule has 0 radical (unpaired) electrons. The number of likely N-dealkylation sites (tertiary alicyclic amines) is 1. The first-order chi connectivity index (χ1) is 17.2. The number of hydrogen-bond acceptors (Lipinski definition) is 6. The molecule has 3 atom stereocenters. The van der Waals surface area contributed by atoms with E-state index in [1.54, 1.807) is 18.9 Å². The number of rotatable bonds is 5. The molecule has 2 aromatic carbocycles. The molecule has 0 bridgehead atoms. The molecule has 1 fully saturated rings. The molecule has 5 rings (SSSR count). The van der Waals surface area contributed by atoms with Gasteiger partial charge in [-0.25, -0.2) is 4.79 Å². The number of carbonyl (C=O) groups is 1. The lowest BCUT2D eigenvalue weighted by Crippen LogP contribution is -2.67. The fourth-order valence-corrected chi connectivity index (χ4v) is 7.32. The molecular weight excluding hydrogens is 472 g/mol. The van der Waals surface area contributed by atoms with Crippen molar-refractivity contribution in [2.24, 2.45) is 0 Å². The van der Waals surface area contributed by atoms with Gasteiger partial charge in [0.15, 0.2) is 0 Å². The molecule has 0 spiro atoms. The van der Waals surface area contributed by atoms with Crippen LogP contribution in [0.3, 0.4) is 0 Å². The van der Waals surface area contributed by atoms with Crippen LogP contribution in [0.25, 0.3) is 0 Å². The Morgan fingerprint density at radius 3 is 2.53 bits per heavy atom. The SMILES string of the molecule is COc1ccc(CN2c3ccccc3[C@@]34C=C(CO)[C@@H](SC)C[C@@]23N(C(=O)OC(C)(C)C)CC4)cc1. The number of hydrogen-bond donors (Lipinski definition) is 1. The first-order valence-corrected chi connectivity index (χ1v) is 13.8. The largest absolute Gasteiger partial charge is 0.497 e. The van der Waals surface area contributed by atoms with Gasteiger partial charge in [-0.3, -0.25) is 4.90 Å². The zero-order chi connectivity index (χ0) is 25.7. The van der Waals surface area contributed by atoms with E-state index in [1.165, 1.54) is 5.56 Å². The van der Waals surface area contributed by atoms with E-state index in [9.17, 15) is 9.90 Å². The number of fused-ring (bicyclic) bond motifs is 1. The van der Waals surface area contributed by atoms with Crippen LogP contribution in [0.5, 0.6) is 5.75 Å². The summed E-state index contributed by atoms with van der Waals surface area (Å²) >= 11 is 1.74. The van der Waals surface area contributed by atoms with E-state index >= 15 is 0 Å². The lowest BCUT2D eigenvalue weighted by Gasteiger charge is -2.53. The molecule has 3 aliphatic rings. The Kier molecular flexibility index (Phi) is 6.28. The molecule has 0 aromatic heterocycles. The monoisotopic (exact) mass is 508 g/mol. The standard InChI is InChI=1S/C29H36N2O4S/c1-27(2,3)35-26(33)30-15-14-28-16-21(19-32)25(36-5)17-29(28,30)31(24-9-7-6-8-23(24)28)18-20-10-12-22(34-4)13-11-20/h6-13,16,25,32H,14-15,17-19H2,1-5H3/t25-,28+,29+/m0/s1. The van der Waals surface area contributed by atoms with Crippen LogP contribution in [0, 0.1) is 0 Å². The summed E-state index contributed by atoms with van der Waals surface area (Å²) in [6.45, 7) is 7.01. The van der Waals surface area contributed by atoms with Crippen LogP contribution in [0.15, 0.2) is 60.2 Å². The van der Waals surface area contributed by atoms with Crippen molar-refractivity contribution >= 4 is 23.5 Å². The third-order valence-corrected chi connectivity index (χ3v) is 8.95. The van der Waals surface area contributed by atoms with Crippen molar-refractivity contribution in [2.75, 3.05) is 31.4 Å². The maximum Gasteiger partial charge on any atom is 0.412 e. The highest BCUT2D eigenvalue weighted by Gasteiger charge is 2.70. The van der Waals surface area contributed by atoms with Crippen molar-refractivity contribution in [2.45, 2.75) is 62.1 Å². The van der Waals surface area contributed by atoms with Crippen LogP contribution in [0.4, 0.5) is 10.5 Å². The van der Waals surface area contributed by atoms with Crippen molar-refractivity contribution in [3.63, 3.8) is 0 Å². The summed E-state index contributed by atoms with van der Waals surface area (Å²) < 4.78 is 11.4. The average Bonchev–Trinajstić information content (AvgIpc) is 3.31. The van der Waals surface area contributed by atoms with Crippen LogP contribution in [-0.4, -0.2) is 59.1 Å². The number of methoxy groups -OCH3 is 1. The van der Waals surface area contributed by atoms with E-state index in [1.807, 2.05) is 37.8 Å². The molecule has 36 heavy (non-hydrogen) atoms. The number of carbonyl (C=O) groups excluding carboxylic acids is 1. The summed E-state index contributed by atoms with van der Waals surface area (Å²) in [4.78, 5) is 18.2. The van der Waals surface area contributed by atoms with Gasteiger partial charge in [0.05, 0.1) is 19.1 Å². The predicted molar refractivity (Wildman–Crippen MR) is 145 cm³/mol. The fourth-order valence-electron chi connectivity index (χ4n) is 6.47. The predicted octanol–water partition coefficient (Wildman–Crippen LogP) is 5.34. The number of anilines is 1. The summed E-state index contributed by atoms with van der Waals surface area (Å²) in [5.74, 6) is 0.819. The summed E-state index contributed by atoms with van der Waals surface area (Å²) in [5, 5.41) is 10.4. The maximum absolute atomic E-state index is 13.8. The zero-order valence-electron chi connectivity index (χ0n) is 21.8.